The maximum absolute atomic E-state index is 15.7. The Balaban J connectivity index is 1.30. The third kappa shape index (κ3) is 7.22. The minimum absolute atomic E-state index is 0.0283. The van der Waals surface area contributed by atoms with Gasteiger partial charge in [0.15, 0.2) is 22.7 Å². The van der Waals surface area contributed by atoms with Gasteiger partial charge < -0.3 is 33.7 Å². The Hall–Kier alpha value is -4.57. The molecule has 5 amide bonds. The first-order chi connectivity index (χ1) is 24.4. The standard InChI is InChI=1S/C36H45F2N5O8Si/c1-35(2,3)51-34(47)41-12-10-21(11-13-41)30-23(37)16-26-24(39-30)17-27(50-26)36(32(45)43(33(46)40-36)20-49-14-15-52(5,6)7)19-42-18-22-8-9-25(48-4)29(38)28(22)31(42)44/h8-9,16-17,21H,10-15,18-20H2,1-7H3,(H,40,46)/t36-/m0/s1. The highest BCUT2D eigenvalue weighted by molar-refractivity contribution is 6.76. The van der Waals surface area contributed by atoms with Gasteiger partial charge in [0.05, 0.1) is 24.9 Å². The number of ether oxygens (including phenoxy) is 3. The number of likely N-dealkylation sites (tertiary alicyclic amines) is 1. The highest BCUT2D eigenvalue weighted by Crippen LogP contribution is 2.39. The molecule has 6 rings (SSSR count). The number of hydrogen-bond acceptors (Lipinski definition) is 9. The van der Waals surface area contributed by atoms with Crippen molar-refractivity contribution < 1.29 is 46.6 Å². The monoisotopic (exact) mass is 741 g/mol. The predicted molar refractivity (Wildman–Crippen MR) is 187 cm³/mol. The van der Waals surface area contributed by atoms with E-state index in [4.69, 9.17) is 18.6 Å². The van der Waals surface area contributed by atoms with E-state index in [9.17, 15) is 19.2 Å². The van der Waals surface area contributed by atoms with E-state index in [-0.39, 0.29) is 53.1 Å². The number of nitrogens with one attached hydrogen (secondary N) is 1. The number of benzene rings is 1. The van der Waals surface area contributed by atoms with E-state index in [0.717, 1.165) is 10.9 Å². The lowest BCUT2D eigenvalue weighted by atomic mass is 9.92. The first-order valence-electron chi connectivity index (χ1n) is 17.4. The lowest BCUT2D eigenvalue weighted by Crippen LogP contribution is -2.52. The van der Waals surface area contributed by atoms with E-state index >= 15 is 8.78 Å². The molecule has 280 valence electrons. The third-order valence-electron chi connectivity index (χ3n) is 9.53. The lowest BCUT2D eigenvalue weighted by molar-refractivity contribution is -0.136. The van der Waals surface area contributed by atoms with Crippen molar-refractivity contribution >= 4 is 43.1 Å². The van der Waals surface area contributed by atoms with Gasteiger partial charge in [-0.15, -0.1) is 0 Å². The minimum Gasteiger partial charge on any atom is -0.494 e. The summed E-state index contributed by atoms with van der Waals surface area (Å²) in [6.07, 6.45) is 0.465. The van der Waals surface area contributed by atoms with Gasteiger partial charge in [-0.3, -0.25) is 9.59 Å². The summed E-state index contributed by atoms with van der Waals surface area (Å²) in [7, 11) is -0.178. The van der Waals surface area contributed by atoms with Crippen LogP contribution in [0.25, 0.3) is 11.1 Å². The quantitative estimate of drug-likeness (QED) is 0.152. The fraction of sp³-hybridized carbons (Fsp3) is 0.528. The summed E-state index contributed by atoms with van der Waals surface area (Å²) in [5.41, 5.74) is -1.96. The molecule has 0 bridgehead atoms. The van der Waals surface area contributed by atoms with Crippen molar-refractivity contribution in [3.8, 4) is 5.75 Å². The van der Waals surface area contributed by atoms with E-state index in [1.54, 1.807) is 31.7 Å². The van der Waals surface area contributed by atoms with Crippen LogP contribution in [0, 0.1) is 11.6 Å². The number of aromatic nitrogens is 1. The van der Waals surface area contributed by atoms with Gasteiger partial charge in [-0.2, -0.15) is 0 Å². The number of nitrogens with zero attached hydrogens (tertiary/aromatic N) is 4. The molecule has 5 heterocycles. The number of urea groups is 1. The number of imide groups is 1. The molecule has 2 aromatic heterocycles. The first-order valence-corrected chi connectivity index (χ1v) is 21.1. The smallest absolute Gasteiger partial charge is 0.410 e. The van der Waals surface area contributed by atoms with Gasteiger partial charge in [0.1, 0.15) is 29.4 Å². The van der Waals surface area contributed by atoms with Crippen LogP contribution in [-0.2, 0) is 26.4 Å². The number of furan rings is 1. The highest BCUT2D eigenvalue weighted by atomic mass is 28.3. The zero-order valence-electron chi connectivity index (χ0n) is 30.6. The molecule has 3 aliphatic rings. The Bertz CT molecular complexity index is 1920. The van der Waals surface area contributed by atoms with Gasteiger partial charge in [-0.05, 0) is 51.3 Å². The van der Waals surface area contributed by atoms with Crippen molar-refractivity contribution in [3.63, 3.8) is 0 Å². The van der Waals surface area contributed by atoms with Crippen LogP contribution >= 0.6 is 0 Å². The molecule has 1 atom stereocenters. The Morgan fingerprint density at radius 2 is 1.83 bits per heavy atom. The molecule has 3 aromatic rings. The summed E-state index contributed by atoms with van der Waals surface area (Å²) in [4.78, 5) is 62.4. The third-order valence-corrected chi connectivity index (χ3v) is 11.2. The van der Waals surface area contributed by atoms with E-state index < -0.39 is 61.3 Å². The van der Waals surface area contributed by atoms with Crippen LogP contribution in [0.2, 0.25) is 25.7 Å². The average molecular weight is 742 g/mol. The van der Waals surface area contributed by atoms with Gasteiger partial charge in [-0.1, -0.05) is 25.7 Å². The second-order valence-electron chi connectivity index (χ2n) is 15.8. The normalized spacial score (nSPS) is 19.9. The highest BCUT2D eigenvalue weighted by Gasteiger charge is 2.57. The molecule has 3 aliphatic heterocycles. The molecule has 52 heavy (non-hydrogen) atoms. The minimum atomic E-state index is -1.96. The summed E-state index contributed by atoms with van der Waals surface area (Å²) in [6.45, 7) is 12.1. The largest absolute Gasteiger partial charge is 0.494 e. The maximum atomic E-state index is 15.7. The number of carbonyl (C=O) groups excluding carboxylic acids is 4. The van der Waals surface area contributed by atoms with Crippen LogP contribution in [-0.4, -0.2) is 97.4 Å². The molecule has 0 unspecified atom stereocenters. The molecule has 0 spiro atoms. The van der Waals surface area contributed by atoms with Crippen LogP contribution in [0.15, 0.2) is 28.7 Å². The molecule has 2 fully saturated rings. The Kier molecular flexibility index (Phi) is 9.85. The van der Waals surface area contributed by atoms with Crippen molar-refractivity contribution in [2.45, 2.75) is 82.9 Å². The van der Waals surface area contributed by atoms with E-state index in [0.29, 0.717) is 38.1 Å². The fourth-order valence-corrected chi connectivity index (χ4v) is 7.47. The van der Waals surface area contributed by atoms with E-state index in [1.807, 2.05) is 0 Å². The van der Waals surface area contributed by atoms with Crippen molar-refractivity contribution in [3.05, 3.63) is 58.5 Å². The fourth-order valence-electron chi connectivity index (χ4n) is 6.71. The van der Waals surface area contributed by atoms with Gasteiger partial charge in [0.2, 0.25) is 0 Å². The lowest BCUT2D eigenvalue weighted by Gasteiger charge is -2.33. The summed E-state index contributed by atoms with van der Waals surface area (Å²) < 4.78 is 53.3. The molecular formula is C36H45F2N5O8Si. The molecular weight excluding hydrogens is 697 g/mol. The van der Waals surface area contributed by atoms with Crippen molar-refractivity contribution in [1.82, 2.24) is 25.0 Å². The molecule has 0 radical (unpaired) electrons. The second kappa shape index (κ2) is 13.8. The number of pyridine rings is 1. The van der Waals surface area contributed by atoms with Gasteiger partial charge in [0.25, 0.3) is 11.8 Å². The van der Waals surface area contributed by atoms with Crippen LogP contribution in [0.1, 0.15) is 66.9 Å². The Morgan fingerprint density at radius 3 is 2.48 bits per heavy atom. The summed E-state index contributed by atoms with van der Waals surface area (Å²) >= 11 is 0. The molecule has 16 heteroatoms. The SMILES string of the molecule is COc1ccc2c(c1F)C(=O)N(C[C@@]1(c3cc4nc(C5CCN(C(=O)OC(C)(C)C)CC5)c(F)cc4o3)NC(=O)N(COCC[Si](C)(C)C)C1=O)C2. The van der Waals surface area contributed by atoms with Gasteiger partial charge >= 0.3 is 12.1 Å². The topological polar surface area (TPSA) is 144 Å². The maximum Gasteiger partial charge on any atom is 0.410 e. The predicted octanol–water partition coefficient (Wildman–Crippen LogP) is 5.94. The van der Waals surface area contributed by atoms with Crippen LogP contribution < -0.4 is 10.1 Å². The van der Waals surface area contributed by atoms with Crippen LogP contribution in [0.3, 0.4) is 0 Å². The number of carbonyl (C=O) groups is 4. The number of rotatable bonds is 10. The van der Waals surface area contributed by atoms with Gasteiger partial charge in [-0.25, -0.2) is 28.3 Å². The Morgan fingerprint density at radius 1 is 1.12 bits per heavy atom. The molecule has 1 aromatic carbocycles. The van der Waals surface area contributed by atoms with E-state index in [2.05, 4.69) is 29.9 Å². The number of hydrogen-bond donors (Lipinski definition) is 1. The van der Waals surface area contributed by atoms with Crippen molar-refractivity contribution in [1.29, 1.82) is 0 Å². The number of methoxy groups -OCH3 is 1. The van der Waals surface area contributed by atoms with Crippen molar-refractivity contribution in [2.24, 2.45) is 0 Å². The van der Waals surface area contributed by atoms with Crippen molar-refractivity contribution in [2.75, 3.05) is 40.1 Å². The zero-order valence-corrected chi connectivity index (χ0v) is 31.6. The molecule has 1 N–H and O–H groups in total. The molecule has 2 saturated heterocycles. The zero-order chi connectivity index (χ0) is 37.7. The van der Waals surface area contributed by atoms with Crippen LogP contribution in [0.4, 0.5) is 18.4 Å². The molecule has 13 nitrogen and oxygen atoms in total. The molecule has 0 aliphatic carbocycles. The van der Waals surface area contributed by atoms with Gasteiger partial charge in [0, 0.05) is 52.4 Å². The number of amides is 5. The van der Waals surface area contributed by atoms with E-state index in [1.165, 1.54) is 30.2 Å². The summed E-state index contributed by atoms with van der Waals surface area (Å²) in [5, 5.41) is 2.73. The molecule has 0 saturated carbocycles. The number of halogens is 2. The summed E-state index contributed by atoms with van der Waals surface area (Å²) in [5.74, 6) is -3.37. The number of fused-ring (bicyclic) bond motifs is 2. The summed E-state index contributed by atoms with van der Waals surface area (Å²) in [6, 6.07) is 5.67. The number of piperidine rings is 1. The second-order valence-corrected chi connectivity index (χ2v) is 21.4. The average Bonchev–Trinajstić information content (AvgIpc) is 3.69. The first kappa shape index (κ1) is 37.2. The van der Waals surface area contributed by atoms with Crippen LogP contribution in [0.5, 0.6) is 5.75 Å². The Labute approximate surface area is 301 Å².